The van der Waals surface area contributed by atoms with Crippen LogP contribution in [-0.2, 0) is 14.2 Å². The van der Waals surface area contributed by atoms with Crippen LogP contribution in [0.3, 0.4) is 0 Å². The summed E-state index contributed by atoms with van der Waals surface area (Å²) in [5.74, 6) is -1.25. The number of benzene rings is 1. The number of nitrogens with zero attached hydrogens (tertiary/aromatic N) is 3. The van der Waals surface area contributed by atoms with E-state index in [1.807, 2.05) is 0 Å². The number of rotatable bonds is 3. The highest BCUT2D eigenvalue weighted by atomic mass is 19.1. The van der Waals surface area contributed by atoms with Crippen LogP contribution in [0, 0.1) is 11.6 Å². The minimum atomic E-state index is -0.626. The Morgan fingerprint density at radius 1 is 1.06 bits per heavy atom. The SMILES string of the molecule is CC(C)(C)OC(=O)N1CCO[C@@H](COC(=O)N2CCN(c3ccc(F)cc3F)CC2)C1. The zero-order valence-electron chi connectivity index (χ0n) is 18.1. The van der Waals surface area contributed by atoms with Gasteiger partial charge in [-0.05, 0) is 32.9 Å². The van der Waals surface area contributed by atoms with Gasteiger partial charge in [0.15, 0.2) is 0 Å². The summed E-state index contributed by atoms with van der Waals surface area (Å²) in [4.78, 5) is 29.5. The Morgan fingerprint density at radius 3 is 2.42 bits per heavy atom. The van der Waals surface area contributed by atoms with Crippen LogP contribution in [-0.4, -0.2) is 86.2 Å². The molecule has 0 radical (unpaired) electrons. The Morgan fingerprint density at radius 2 is 1.77 bits per heavy atom. The normalized spacial score (nSPS) is 19.9. The molecule has 2 amide bonds. The Labute approximate surface area is 180 Å². The third kappa shape index (κ3) is 6.43. The van der Waals surface area contributed by atoms with Gasteiger partial charge < -0.3 is 28.9 Å². The largest absolute Gasteiger partial charge is 0.447 e. The maximum absolute atomic E-state index is 14.0. The van der Waals surface area contributed by atoms with Gasteiger partial charge in [-0.1, -0.05) is 0 Å². The first-order valence-electron chi connectivity index (χ1n) is 10.3. The second kappa shape index (κ2) is 9.67. The quantitative estimate of drug-likeness (QED) is 0.719. The Hall–Kier alpha value is -2.62. The van der Waals surface area contributed by atoms with Crippen LogP contribution in [0.25, 0.3) is 0 Å². The van der Waals surface area contributed by atoms with E-state index in [1.165, 1.54) is 17.0 Å². The van der Waals surface area contributed by atoms with Crippen LogP contribution in [0.4, 0.5) is 24.1 Å². The second-order valence-corrected chi connectivity index (χ2v) is 8.57. The lowest BCUT2D eigenvalue weighted by molar-refractivity contribution is -0.0638. The maximum Gasteiger partial charge on any atom is 0.410 e. The molecule has 2 aliphatic heterocycles. The summed E-state index contributed by atoms with van der Waals surface area (Å²) in [6.45, 7) is 7.97. The number of halogens is 2. The first kappa shape index (κ1) is 23.1. The number of ether oxygens (including phenoxy) is 3. The molecule has 0 spiro atoms. The lowest BCUT2D eigenvalue weighted by Gasteiger charge is -2.36. The average Bonchev–Trinajstić information content (AvgIpc) is 2.71. The number of hydrogen-bond donors (Lipinski definition) is 0. The first-order valence-corrected chi connectivity index (χ1v) is 10.3. The van der Waals surface area contributed by atoms with Crippen molar-refractivity contribution in [2.45, 2.75) is 32.5 Å². The van der Waals surface area contributed by atoms with Gasteiger partial charge in [0.05, 0.1) is 18.8 Å². The molecule has 2 heterocycles. The number of hydrogen-bond acceptors (Lipinski definition) is 6. The van der Waals surface area contributed by atoms with Crippen LogP contribution >= 0.6 is 0 Å². The number of amides is 2. The van der Waals surface area contributed by atoms with Crippen molar-refractivity contribution in [2.24, 2.45) is 0 Å². The van der Waals surface area contributed by atoms with Crippen molar-refractivity contribution in [3.8, 4) is 0 Å². The predicted molar refractivity (Wildman–Crippen MR) is 109 cm³/mol. The molecule has 2 saturated heterocycles. The molecule has 31 heavy (non-hydrogen) atoms. The van der Waals surface area contributed by atoms with E-state index in [0.29, 0.717) is 45.0 Å². The highest BCUT2D eigenvalue weighted by molar-refractivity contribution is 5.69. The van der Waals surface area contributed by atoms with E-state index in [2.05, 4.69) is 0 Å². The highest BCUT2D eigenvalue weighted by Gasteiger charge is 2.30. The van der Waals surface area contributed by atoms with E-state index >= 15 is 0 Å². The standard InChI is InChI=1S/C21H29F2N3O5/c1-21(2,3)31-20(28)26-10-11-29-16(13-26)14-30-19(27)25-8-6-24(7-9-25)18-5-4-15(22)12-17(18)23/h4-5,12,16H,6-11,13-14H2,1-3H3/t16-/m1/s1. The van der Waals surface area contributed by atoms with E-state index in [4.69, 9.17) is 14.2 Å². The number of piperazine rings is 1. The number of carbonyl (C=O) groups excluding carboxylic acids is 2. The van der Waals surface area contributed by atoms with Crippen molar-refractivity contribution in [3.63, 3.8) is 0 Å². The highest BCUT2D eigenvalue weighted by Crippen LogP contribution is 2.22. The third-order valence-corrected chi connectivity index (χ3v) is 4.97. The van der Waals surface area contributed by atoms with Crippen LogP contribution in [0.15, 0.2) is 18.2 Å². The molecular weight excluding hydrogens is 412 g/mol. The average molecular weight is 441 g/mol. The fourth-order valence-corrected chi connectivity index (χ4v) is 3.44. The molecular formula is C21H29F2N3O5. The predicted octanol–water partition coefficient (Wildman–Crippen LogP) is 2.86. The van der Waals surface area contributed by atoms with Crippen LogP contribution in [0.5, 0.6) is 0 Å². The summed E-state index contributed by atoms with van der Waals surface area (Å²) >= 11 is 0. The molecule has 1 aromatic carbocycles. The van der Waals surface area contributed by atoms with Gasteiger partial charge in [-0.25, -0.2) is 18.4 Å². The molecule has 0 N–H and O–H groups in total. The lowest BCUT2D eigenvalue weighted by Crippen LogP contribution is -2.51. The molecule has 0 bridgehead atoms. The molecule has 0 aromatic heterocycles. The van der Waals surface area contributed by atoms with Crippen molar-refractivity contribution >= 4 is 17.9 Å². The molecule has 172 valence electrons. The fraction of sp³-hybridized carbons (Fsp3) is 0.619. The summed E-state index contributed by atoms with van der Waals surface area (Å²) in [5.41, 5.74) is -0.275. The van der Waals surface area contributed by atoms with Gasteiger partial charge in [0.25, 0.3) is 0 Å². The zero-order chi connectivity index (χ0) is 22.6. The Kier molecular flexibility index (Phi) is 7.19. The van der Waals surface area contributed by atoms with E-state index in [-0.39, 0.29) is 13.2 Å². The van der Waals surface area contributed by atoms with Gasteiger partial charge in [0, 0.05) is 38.8 Å². The van der Waals surface area contributed by atoms with Gasteiger partial charge >= 0.3 is 12.2 Å². The molecule has 0 aliphatic carbocycles. The van der Waals surface area contributed by atoms with Crippen molar-refractivity contribution < 1.29 is 32.6 Å². The molecule has 8 nitrogen and oxygen atoms in total. The number of morpholine rings is 1. The fourth-order valence-electron chi connectivity index (χ4n) is 3.44. The Bertz CT molecular complexity index is 794. The molecule has 2 aliphatic rings. The van der Waals surface area contributed by atoms with Crippen molar-refractivity contribution in [2.75, 3.05) is 57.4 Å². The third-order valence-electron chi connectivity index (χ3n) is 4.97. The van der Waals surface area contributed by atoms with Gasteiger partial charge in [-0.3, -0.25) is 0 Å². The van der Waals surface area contributed by atoms with E-state index < -0.39 is 35.5 Å². The molecule has 0 unspecified atom stereocenters. The van der Waals surface area contributed by atoms with Crippen molar-refractivity contribution in [1.29, 1.82) is 0 Å². The van der Waals surface area contributed by atoms with Crippen molar-refractivity contribution in [1.82, 2.24) is 9.80 Å². The topological polar surface area (TPSA) is 71.5 Å². The summed E-state index contributed by atoms with van der Waals surface area (Å²) in [6.07, 6.45) is -1.34. The molecule has 1 atom stereocenters. The maximum atomic E-state index is 14.0. The van der Waals surface area contributed by atoms with Gasteiger partial charge in [-0.2, -0.15) is 0 Å². The summed E-state index contributed by atoms with van der Waals surface area (Å²) in [7, 11) is 0. The van der Waals surface area contributed by atoms with Crippen LogP contribution in [0.1, 0.15) is 20.8 Å². The molecule has 1 aromatic rings. The minimum absolute atomic E-state index is 0.0188. The summed E-state index contributed by atoms with van der Waals surface area (Å²) < 4.78 is 43.4. The first-order chi connectivity index (χ1) is 14.6. The monoisotopic (exact) mass is 441 g/mol. The van der Waals surface area contributed by atoms with Crippen LogP contribution in [0.2, 0.25) is 0 Å². The molecule has 10 heteroatoms. The summed E-state index contributed by atoms with van der Waals surface area (Å²) in [6, 6.07) is 3.46. The van der Waals surface area contributed by atoms with E-state index in [1.54, 1.807) is 30.6 Å². The van der Waals surface area contributed by atoms with E-state index in [0.717, 1.165) is 6.07 Å². The van der Waals surface area contributed by atoms with E-state index in [9.17, 15) is 18.4 Å². The second-order valence-electron chi connectivity index (χ2n) is 8.57. The lowest BCUT2D eigenvalue weighted by atomic mass is 10.2. The van der Waals surface area contributed by atoms with Gasteiger partial charge in [0.1, 0.15) is 29.9 Å². The van der Waals surface area contributed by atoms with Gasteiger partial charge in [0.2, 0.25) is 0 Å². The van der Waals surface area contributed by atoms with Crippen LogP contribution < -0.4 is 4.90 Å². The number of carbonyl (C=O) groups is 2. The molecule has 2 fully saturated rings. The van der Waals surface area contributed by atoms with Gasteiger partial charge in [-0.15, -0.1) is 0 Å². The molecule has 0 saturated carbocycles. The molecule has 3 rings (SSSR count). The zero-order valence-corrected chi connectivity index (χ0v) is 18.1. The minimum Gasteiger partial charge on any atom is -0.447 e. The van der Waals surface area contributed by atoms with Crippen molar-refractivity contribution in [3.05, 3.63) is 29.8 Å². The number of anilines is 1. The Balaban J connectivity index is 1.43. The smallest absolute Gasteiger partial charge is 0.410 e. The summed E-state index contributed by atoms with van der Waals surface area (Å²) in [5, 5.41) is 0.